The van der Waals surface area contributed by atoms with Gasteiger partial charge in [0.2, 0.25) is 0 Å². The average molecular weight is 219 g/mol. The van der Waals surface area contributed by atoms with Crippen LogP contribution in [-0.2, 0) is 7.05 Å². The van der Waals surface area contributed by atoms with Crippen LogP contribution < -0.4 is 0 Å². The molecule has 0 unspecified atom stereocenters. The predicted octanol–water partition coefficient (Wildman–Crippen LogP) is 3.21. The van der Waals surface area contributed by atoms with E-state index in [1.54, 1.807) is 12.1 Å². The van der Waals surface area contributed by atoms with Crippen molar-refractivity contribution in [2.24, 2.45) is 7.05 Å². The minimum Gasteiger partial charge on any atom is -0.478 e. The molecular formula is C13H17NO2. The standard InChI is InChI=1S/C11H11NO2.C2H6/c1-7-6-12(2)10-5-8(11(13)14)3-4-9(7)10;1-2/h3-6H,1-2H3,(H,13,14);1-2H3. The molecule has 16 heavy (non-hydrogen) atoms. The molecule has 1 aromatic heterocycles. The Kier molecular flexibility index (Phi) is 3.72. The van der Waals surface area contributed by atoms with Gasteiger partial charge in [0.25, 0.3) is 0 Å². The number of carbonyl (C=O) groups is 1. The summed E-state index contributed by atoms with van der Waals surface area (Å²) in [6, 6.07) is 5.19. The number of hydrogen-bond donors (Lipinski definition) is 1. The summed E-state index contributed by atoms with van der Waals surface area (Å²) < 4.78 is 1.94. The van der Waals surface area contributed by atoms with Crippen molar-refractivity contribution in [2.75, 3.05) is 0 Å². The highest BCUT2D eigenvalue weighted by atomic mass is 16.4. The first-order valence-electron chi connectivity index (χ1n) is 5.38. The second-order valence-corrected chi connectivity index (χ2v) is 3.46. The molecule has 0 amide bonds. The Morgan fingerprint density at radius 1 is 1.31 bits per heavy atom. The number of aromatic carboxylic acids is 1. The number of benzene rings is 1. The molecule has 0 atom stereocenters. The van der Waals surface area contributed by atoms with Gasteiger partial charge in [-0.25, -0.2) is 4.79 Å². The monoisotopic (exact) mass is 219 g/mol. The highest BCUT2D eigenvalue weighted by Crippen LogP contribution is 2.20. The molecule has 0 bridgehead atoms. The number of carboxylic acid groups (broad SMARTS) is 1. The van der Waals surface area contributed by atoms with Gasteiger partial charge < -0.3 is 9.67 Å². The lowest BCUT2D eigenvalue weighted by molar-refractivity contribution is 0.0697. The largest absolute Gasteiger partial charge is 0.478 e. The Morgan fingerprint density at radius 2 is 1.94 bits per heavy atom. The molecule has 0 aliphatic carbocycles. The van der Waals surface area contributed by atoms with E-state index in [0.29, 0.717) is 5.56 Å². The number of hydrogen-bond acceptors (Lipinski definition) is 1. The first-order chi connectivity index (χ1) is 7.59. The van der Waals surface area contributed by atoms with Crippen LogP contribution >= 0.6 is 0 Å². The zero-order valence-electron chi connectivity index (χ0n) is 10.1. The fourth-order valence-electron chi connectivity index (χ4n) is 1.72. The van der Waals surface area contributed by atoms with Crippen LogP contribution in [-0.4, -0.2) is 15.6 Å². The maximum absolute atomic E-state index is 10.8. The molecule has 0 fully saturated rings. The van der Waals surface area contributed by atoms with E-state index in [0.717, 1.165) is 10.9 Å². The second-order valence-electron chi connectivity index (χ2n) is 3.46. The number of rotatable bonds is 1. The van der Waals surface area contributed by atoms with E-state index in [2.05, 4.69) is 0 Å². The first kappa shape index (κ1) is 12.3. The van der Waals surface area contributed by atoms with Crippen molar-refractivity contribution in [1.82, 2.24) is 4.57 Å². The molecule has 0 radical (unpaired) electrons. The Hall–Kier alpha value is -1.77. The molecule has 1 heterocycles. The van der Waals surface area contributed by atoms with Gasteiger partial charge in [-0.05, 0) is 24.6 Å². The van der Waals surface area contributed by atoms with Gasteiger partial charge in [-0.1, -0.05) is 19.9 Å². The van der Waals surface area contributed by atoms with Crippen LogP contribution in [0.15, 0.2) is 24.4 Å². The van der Waals surface area contributed by atoms with Gasteiger partial charge in [-0.3, -0.25) is 0 Å². The molecule has 3 heteroatoms. The summed E-state index contributed by atoms with van der Waals surface area (Å²) in [6.45, 7) is 6.02. The zero-order valence-corrected chi connectivity index (χ0v) is 10.1. The highest BCUT2D eigenvalue weighted by molar-refractivity contribution is 5.94. The van der Waals surface area contributed by atoms with Crippen molar-refractivity contribution < 1.29 is 9.90 Å². The summed E-state index contributed by atoms with van der Waals surface area (Å²) in [5.41, 5.74) is 2.46. The molecule has 0 spiro atoms. The van der Waals surface area contributed by atoms with Gasteiger partial charge in [0.05, 0.1) is 5.56 Å². The van der Waals surface area contributed by atoms with Gasteiger partial charge in [-0.15, -0.1) is 0 Å². The number of nitrogens with zero attached hydrogens (tertiary/aromatic N) is 1. The lowest BCUT2D eigenvalue weighted by atomic mass is 10.1. The van der Waals surface area contributed by atoms with Crippen LogP contribution in [0.25, 0.3) is 10.9 Å². The van der Waals surface area contributed by atoms with Gasteiger partial charge in [-0.2, -0.15) is 0 Å². The number of carboxylic acids is 1. The van der Waals surface area contributed by atoms with Gasteiger partial charge in [0.1, 0.15) is 0 Å². The van der Waals surface area contributed by atoms with Gasteiger partial charge in [0.15, 0.2) is 0 Å². The van der Waals surface area contributed by atoms with E-state index in [4.69, 9.17) is 5.11 Å². The Balaban J connectivity index is 0.000000606. The van der Waals surface area contributed by atoms with E-state index in [1.165, 1.54) is 5.56 Å². The summed E-state index contributed by atoms with van der Waals surface area (Å²) in [4.78, 5) is 10.8. The third kappa shape index (κ3) is 2.08. The quantitative estimate of drug-likeness (QED) is 0.800. The predicted molar refractivity (Wildman–Crippen MR) is 66.0 cm³/mol. The van der Waals surface area contributed by atoms with Crippen molar-refractivity contribution in [3.8, 4) is 0 Å². The molecule has 0 aliphatic rings. The van der Waals surface area contributed by atoms with E-state index < -0.39 is 5.97 Å². The Labute approximate surface area is 95.3 Å². The molecule has 0 aliphatic heterocycles. The van der Waals surface area contributed by atoms with E-state index in [1.807, 2.05) is 44.6 Å². The van der Waals surface area contributed by atoms with Crippen LogP contribution in [0.4, 0.5) is 0 Å². The fourth-order valence-corrected chi connectivity index (χ4v) is 1.72. The number of aromatic nitrogens is 1. The smallest absolute Gasteiger partial charge is 0.335 e. The van der Waals surface area contributed by atoms with Gasteiger partial charge >= 0.3 is 5.97 Å². The van der Waals surface area contributed by atoms with Gasteiger partial charge in [0, 0.05) is 24.1 Å². The Bertz CT molecular complexity index is 512. The first-order valence-corrected chi connectivity index (χ1v) is 5.38. The second kappa shape index (κ2) is 4.84. The Morgan fingerprint density at radius 3 is 2.50 bits per heavy atom. The highest BCUT2D eigenvalue weighted by Gasteiger charge is 2.07. The van der Waals surface area contributed by atoms with E-state index in [-0.39, 0.29) is 0 Å². The molecule has 86 valence electrons. The molecule has 2 aromatic rings. The molecule has 1 N–H and O–H groups in total. The maximum Gasteiger partial charge on any atom is 0.335 e. The van der Waals surface area contributed by atoms with Crippen LogP contribution in [0.3, 0.4) is 0 Å². The third-order valence-corrected chi connectivity index (χ3v) is 2.44. The molecule has 1 aromatic carbocycles. The molecule has 2 rings (SSSR count). The lowest BCUT2D eigenvalue weighted by Gasteiger charge is -1.98. The molecule has 3 nitrogen and oxygen atoms in total. The summed E-state index contributed by atoms with van der Waals surface area (Å²) >= 11 is 0. The van der Waals surface area contributed by atoms with Crippen LogP contribution in [0.5, 0.6) is 0 Å². The van der Waals surface area contributed by atoms with Crippen molar-refractivity contribution in [3.05, 3.63) is 35.5 Å². The van der Waals surface area contributed by atoms with Crippen LogP contribution in [0.1, 0.15) is 29.8 Å². The van der Waals surface area contributed by atoms with Crippen molar-refractivity contribution in [1.29, 1.82) is 0 Å². The molecular weight excluding hydrogens is 202 g/mol. The maximum atomic E-state index is 10.8. The average Bonchev–Trinajstić information content (AvgIpc) is 2.57. The lowest BCUT2D eigenvalue weighted by Crippen LogP contribution is -1.96. The minimum absolute atomic E-state index is 0.332. The zero-order chi connectivity index (χ0) is 12.3. The van der Waals surface area contributed by atoms with Crippen LogP contribution in [0.2, 0.25) is 0 Å². The summed E-state index contributed by atoms with van der Waals surface area (Å²) in [5, 5.41) is 9.94. The van der Waals surface area contributed by atoms with E-state index in [9.17, 15) is 4.79 Å². The normalized spacial score (nSPS) is 9.75. The van der Waals surface area contributed by atoms with Crippen LogP contribution in [0, 0.1) is 6.92 Å². The summed E-state index contributed by atoms with van der Waals surface area (Å²) in [5.74, 6) is -0.884. The van der Waals surface area contributed by atoms with Crippen molar-refractivity contribution in [3.63, 3.8) is 0 Å². The van der Waals surface area contributed by atoms with E-state index >= 15 is 0 Å². The molecule has 0 saturated heterocycles. The topological polar surface area (TPSA) is 42.2 Å². The minimum atomic E-state index is -0.884. The van der Waals surface area contributed by atoms with Crippen molar-refractivity contribution in [2.45, 2.75) is 20.8 Å². The number of aryl methyl sites for hydroxylation is 2. The summed E-state index contributed by atoms with van der Waals surface area (Å²) in [6.07, 6.45) is 2.00. The molecule has 0 saturated carbocycles. The SMILES string of the molecule is CC.Cc1cn(C)c2cc(C(=O)O)ccc12. The summed E-state index contributed by atoms with van der Waals surface area (Å²) in [7, 11) is 1.92. The van der Waals surface area contributed by atoms with Crippen molar-refractivity contribution >= 4 is 16.9 Å². The number of fused-ring (bicyclic) bond motifs is 1. The third-order valence-electron chi connectivity index (χ3n) is 2.44. The fraction of sp³-hybridized carbons (Fsp3) is 0.308.